The summed E-state index contributed by atoms with van der Waals surface area (Å²) >= 11 is 0. The van der Waals surface area contributed by atoms with Crippen molar-refractivity contribution in [1.82, 2.24) is 4.90 Å². The standard InChI is InChI=1S/C18H18FN3O4/c19-14-4-6-17(7-5-14)26-13-18(23)21-10-8-20(9-11-21)15-2-1-3-16(12-15)22(24)25/h1-7,12H,8-11,13H2. The Hall–Kier alpha value is -3.16. The van der Waals surface area contributed by atoms with Crippen LogP contribution in [0.2, 0.25) is 0 Å². The molecule has 136 valence electrons. The van der Waals surface area contributed by atoms with Crippen molar-refractivity contribution in [2.45, 2.75) is 0 Å². The van der Waals surface area contributed by atoms with E-state index in [9.17, 15) is 19.3 Å². The SMILES string of the molecule is O=C(COc1ccc(F)cc1)N1CCN(c2cccc([N+](=O)[O-])c2)CC1. The van der Waals surface area contributed by atoms with Crippen LogP contribution in [0.5, 0.6) is 5.75 Å². The summed E-state index contributed by atoms with van der Waals surface area (Å²) in [6.07, 6.45) is 0. The quantitative estimate of drug-likeness (QED) is 0.605. The van der Waals surface area contributed by atoms with Gasteiger partial charge in [-0.05, 0) is 30.3 Å². The van der Waals surface area contributed by atoms with Gasteiger partial charge in [-0.2, -0.15) is 0 Å². The molecule has 1 saturated heterocycles. The Morgan fingerprint density at radius 2 is 1.81 bits per heavy atom. The number of hydrogen-bond donors (Lipinski definition) is 0. The molecule has 1 fully saturated rings. The highest BCUT2D eigenvalue weighted by atomic mass is 19.1. The van der Waals surface area contributed by atoms with Gasteiger partial charge in [0.25, 0.3) is 11.6 Å². The second-order valence-electron chi connectivity index (χ2n) is 5.89. The third-order valence-electron chi connectivity index (χ3n) is 4.21. The largest absolute Gasteiger partial charge is 0.484 e. The van der Waals surface area contributed by atoms with Gasteiger partial charge in [0.2, 0.25) is 0 Å². The van der Waals surface area contributed by atoms with Crippen LogP contribution in [0.4, 0.5) is 15.8 Å². The number of piperazine rings is 1. The predicted molar refractivity (Wildman–Crippen MR) is 93.8 cm³/mol. The second kappa shape index (κ2) is 7.81. The molecule has 8 heteroatoms. The summed E-state index contributed by atoms with van der Waals surface area (Å²) in [5.41, 5.74) is 0.822. The van der Waals surface area contributed by atoms with Crippen LogP contribution in [-0.2, 0) is 4.79 Å². The fraction of sp³-hybridized carbons (Fsp3) is 0.278. The average molecular weight is 359 g/mol. The third-order valence-corrected chi connectivity index (χ3v) is 4.21. The van der Waals surface area contributed by atoms with Gasteiger partial charge >= 0.3 is 0 Å². The topological polar surface area (TPSA) is 75.9 Å². The van der Waals surface area contributed by atoms with E-state index in [0.29, 0.717) is 31.9 Å². The summed E-state index contributed by atoms with van der Waals surface area (Å²) in [5.74, 6) is -0.0658. The molecule has 7 nitrogen and oxygen atoms in total. The number of carbonyl (C=O) groups is 1. The van der Waals surface area contributed by atoms with E-state index in [1.165, 1.54) is 36.4 Å². The van der Waals surface area contributed by atoms with E-state index in [0.717, 1.165) is 5.69 Å². The van der Waals surface area contributed by atoms with Crippen molar-refractivity contribution in [1.29, 1.82) is 0 Å². The number of nitro benzene ring substituents is 1. The smallest absolute Gasteiger partial charge is 0.271 e. The minimum atomic E-state index is -0.421. The van der Waals surface area contributed by atoms with Gasteiger partial charge < -0.3 is 14.5 Å². The number of benzene rings is 2. The van der Waals surface area contributed by atoms with Gasteiger partial charge in [-0.1, -0.05) is 6.07 Å². The van der Waals surface area contributed by atoms with Gasteiger partial charge in [-0.3, -0.25) is 14.9 Å². The molecule has 0 saturated carbocycles. The first-order valence-electron chi connectivity index (χ1n) is 8.18. The van der Waals surface area contributed by atoms with Crippen LogP contribution in [-0.4, -0.2) is 48.5 Å². The van der Waals surface area contributed by atoms with E-state index in [2.05, 4.69) is 0 Å². The van der Waals surface area contributed by atoms with Crippen LogP contribution in [0.3, 0.4) is 0 Å². The Bertz CT molecular complexity index is 789. The maximum Gasteiger partial charge on any atom is 0.271 e. The maximum absolute atomic E-state index is 12.8. The molecule has 0 N–H and O–H groups in total. The van der Waals surface area contributed by atoms with Crippen LogP contribution in [0.25, 0.3) is 0 Å². The highest BCUT2D eigenvalue weighted by Crippen LogP contribution is 2.22. The van der Waals surface area contributed by atoms with Crippen molar-refractivity contribution < 1.29 is 18.8 Å². The molecular formula is C18H18FN3O4. The van der Waals surface area contributed by atoms with Crippen LogP contribution < -0.4 is 9.64 Å². The highest BCUT2D eigenvalue weighted by Gasteiger charge is 2.22. The maximum atomic E-state index is 12.8. The molecule has 0 spiro atoms. The minimum Gasteiger partial charge on any atom is -0.484 e. The van der Waals surface area contributed by atoms with Gasteiger partial charge in [0.05, 0.1) is 4.92 Å². The summed E-state index contributed by atoms with van der Waals surface area (Å²) < 4.78 is 18.2. The number of hydrogen-bond acceptors (Lipinski definition) is 5. The Morgan fingerprint density at radius 1 is 1.12 bits per heavy atom. The number of nitro groups is 1. The van der Waals surface area contributed by atoms with E-state index in [1.807, 2.05) is 11.0 Å². The molecule has 0 atom stereocenters. The summed E-state index contributed by atoms with van der Waals surface area (Å²) in [6.45, 7) is 2.08. The molecule has 26 heavy (non-hydrogen) atoms. The Labute approximate surface area is 149 Å². The van der Waals surface area contributed by atoms with Crippen molar-refractivity contribution in [3.05, 3.63) is 64.5 Å². The number of amides is 1. The highest BCUT2D eigenvalue weighted by molar-refractivity contribution is 5.78. The lowest BCUT2D eigenvalue weighted by molar-refractivity contribution is -0.384. The summed E-state index contributed by atoms with van der Waals surface area (Å²) in [7, 11) is 0. The van der Waals surface area contributed by atoms with Gasteiger partial charge in [0, 0.05) is 44.0 Å². The number of anilines is 1. The lowest BCUT2D eigenvalue weighted by Gasteiger charge is -2.36. The minimum absolute atomic E-state index is 0.0497. The lowest BCUT2D eigenvalue weighted by Crippen LogP contribution is -2.50. The van der Waals surface area contributed by atoms with E-state index >= 15 is 0 Å². The van der Waals surface area contributed by atoms with E-state index in [1.54, 1.807) is 11.0 Å². The summed E-state index contributed by atoms with van der Waals surface area (Å²) in [6, 6.07) is 12.0. The van der Waals surface area contributed by atoms with Gasteiger partial charge in [0.1, 0.15) is 11.6 Å². The average Bonchev–Trinajstić information content (AvgIpc) is 2.67. The molecule has 0 aromatic heterocycles. The lowest BCUT2D eigenvalue weighted by atomic mass is 10.2. The molecule has 1 heterocycles. The fourth-order valence-corrected chi connectivity index (χ4v) is 2.78. The normalized spacial score (nSPS) is 14.2. The predicted octanol–water partition coefficient (Wildman–Crippen LogP) is 2.46. The molecule has 3 rings (SSSR count). The number of non-ortho nitro benzene ring substituents is 1. The third kappa shape index (κ3) is 4.27. The molecule has 0 unspecified atom stereocenters. The number of nitrogens with zero attached hydrogens (tertiary/aromatic N) is 3. The molecule has 1 aliphatic heterocycles. The van der Waals surface area contributed by atoms with Crippen molar-refractivity contribution in [2.75, 3.05) is 37.7 Å². The van der Waals surface area contributed by atoms with Crippen LogP contribution in [0.15, 0.2) is 48.5 Å². The second-order valence-corrected chi connectivity index (χ2v) is 5.89. The van der Waals surface area contributed by atoms with Gasteiger partial charge in [0.15, 0.2) is 6.61 Å². The number of carbonyl (C=O) groups excluding carboxylic acids is 1. The zero-order chi connectivity index (χ0) is 18.5. The van der Waals surface area contributed by atoms with Gasteiger partial charge in [-0.25, -0.2) is 4.39 Å². The number of ether oxygens (including phenoxy) is 1. The van der Waals surface area contributed by atoms with Gasteiger partial charge in [-0.15, -0.1) is 0 Å². The molecule has 2 aromatic carbocycles. The molecule has 1 amide bonds. The monoisotopic (exact) mass is 359 g/mol. The van der Waals surface area contributed by atoms with Crippen LogP contribution in [0.1, 0.15) is 0 Å². The first-order chi connectivity index (χ1) is 12.5. The van der Waals surface area contributed by atoms with Crippen LogP contribution >= 0.6 is 0 Å². The van der Waals surface area contributed by atoms with E-state index in [-0.39, 0.29) is 24.0 Å². The first-order valence-corrected chi connectivity index (χ1v) is 8.18. The number of halogens is 1. The van der Waals surface area contributed by atoms with E-state index in [4.69, 9.17) is 4.74 Å². The molecule has 0 aliphatic carbocycles. The van der Waals surface area contributed by atoms with Crippen LogP contribution in [0, 0.1) is 15.9 Å². The van der Waals surface area contributed by atoms with E-state index < -0.39 is 4.92 Å². The number of rotatable bonds is 5. The zero-order valence-corrected chi connectivity index (χ0v) is 14.0. The molecule has 0 radical (unpaired) electrons. The van der Waals surface area contributed by atoms with Crippen molar-refractivity contribution in [3.8, 4) is 5.75 Å². The first kappa shape index (κ1) is 17.7. The summed E-state index contributed by atoms with van der Waals surface area (Å²) in [4.78, 5) is 26.4. The van der Waals surface area contributed by atoms with Crippen molar-refractivity contribution in [3.63, 3.8) is 0 Å². The van der Waals surface area contributed by atoms with Crippen molar-refractivity contribution >= 4 is 17.3 Å². The summed E-state index contributed by atoms with van der Waals surface area (Å²) in [5, 5.41) is 10.9. The molecular weight excluding hydrogens is 341 g/mol. The Balaban J connectivity index is 1.51. The molecule has 0 bridgehead atoms. The Kier molecular flexibility index (Phi) is 5.31. The molecule has 1 aliphatic rings. The molecule has 2 aromatic rings. The Morgan fingerprint density at radius 3 is 2.46 bits per heavy atom. The van der Waals surface area contributed by atoms with Crippen molar-refractivity contribution in [2.24, 2.45) is 0 Å². The zero-order valence-electron chi connectivity index (χ0n) is 14.0. The fourth-order valence-electron chi connectivity index (χ4n) is 2.78.